The molecule has 112 valence electrons. The first-order valence-electron chi connectivity index (χ1n) is 7.47. The molecule has 2 aliphatic carbocycles. The standard InChI is InChI=1S/C15H23BrN2O2/c1-13(2)14(3)4-5-15(13,10(16)11(14)19)12(20)18-8-6-17-7-9-18/h10,17H,4-9H2,1-3H3/t10-,14+,15-/m0/s1. The summed E-state index contributed by atoms with van der Waals surface area (Å²) in [5.41, 5.74) is -1.21. The Balaban J connectivity index is 2.02. The van der Waals surface area contributed by atoms with Crippen molar-refractivity contribution in [3.8, 4) is 0 Å². The van der Waals surface area contributed by atoms with Crippen molar-refractivity contribution in [2.45, 2.75) is 38.4 Å². The fourth-order valence-electron chi connectivity index (χ4n) is 4.58. The third-order valence-corrected chi connectivity index (χ3v) is 7.70. The van der Waals surface area contributed by atoms with Crippen molar-refractivity contribution in [1.82, 2.24) is 10.2 Å². The van der Waals surface area contributed by atoms with Crippen molar-refractivity contribution in [2.75, 3.05) is 26.2 Å². The zero-order valence-corrected chi connectivity index (χ0v) is 14.0. The maximum atomic E-state index is 13.2. The highest BCUT2D eigenvalue weighted by Crippen LogP contribution is 2.72. The van der Waals surface area contributed by atoms with E-state index in [1.54, 1.807) is 0 Å². The third kappa shape index (κ3) is 1.41. The molecule has 3 aliphatic rings. The molecule has 0 radical (unpaired) electrons. The lowest BCUT2D eigenvalue weighted by Crippen LogP contribution is -2.56. The molecule has 3 rings (SSSR count). The summed E-state index contributed by atoms with van der Waals surface area (Å²) >= 11 is 3.58. The average Bonchev–Trinajstić information content (AvgIpc) is 2.71. The van der Waals surface area contributed by atoms with Crippen LogP contribution in [0.25, 0.3) is 0 Å². The second-order valence-corrected chi connectivity index (χ2v) is 8.11. The first-order chi connectivity index (χ1) is 9.29. The minimum absolute atomic E-state index is 0.181. The molecule has 0 unspecified atom stereocenters. The smallest absolute Gasteiger partial charge is 0.231 e. The molecule has 1 saturated heterocycles. The summed E-state index contributed by atoms with van der Waals surface area (Å²) in [7, 11) is 0. The van der Waals surface area contributed by atoms with Gasteiger partial charge in [-0.3, -0.25) is 9.59 Å². The van der Waals surface area contributed by atoms with Crippen LogP contribution >= 0.6 is 15.9 Å². The Labute approximate surface area is 128 Å². The molecule has 4 nitrogen and oxygen atoms in total. The van der Waals surface area contributed by atoms with Gasteiger partial charge in [0.1, 0.15) is 0 Å². The van der Waals surface area contributed by atoms with Crippen molar-refractivity contribution in [3.63, 3.8) is 0 Å². The summed E-state index contributed by atoms with van der Waals surface area (Å²) in [5.74, 6) is 0.401. The molecule has 1 aliphatic heterocycles. The van der Waals surface area contributed by atoms with Crippen LogP contribution in [0.5, 0.6) is 0 Å². The number of hydrogen-bond donors (Lipinski definition) is 1. The van der Waals surface area contributed by atoms with Gasteiger partial charge >= 0.3 is 0 Å². The van der Waals surface area contributed by atoms with Crippen LogP contribution in [0.15, 0.2) is 0 Å². The van der Waals surface area contributed by atoms with Crippen LogP contribution in [-0.2, 0) is 9.59 Å². The molecule has 3 fully saturated rings. The molecular weight excluding hydrogens is 320 g/mol. The van der Waals surface area contributed by atoms with Gasteiger partial charge < -0.3 is 10.2 Å². The molecule has 1 N–H and O–H groups in total. The van der Waals surface area contributed by atoms with Crippen LogP contribution in [0, 0.1) is 16.2 Å². The van der Waals surface area contributed by atoms with Gasteiger partial charge in [0.15, 0.2) is 5.78 Å². The fraction of sp³-hybridized carbons (Fsp3) is 0.867. The van der Waals surface area contributed by atoms with Crippen LogP contribution < -0.4 is 5.32 Å². The molecule has 3 atom stereocenters. The molecule has 2 bridgehead atoms. The van der Waals surface area contributed by atoms with Crippen molar-refractivity contribution < 1.29 is 9.59 Å². The van der Waals surface area contributed by atoms with E-state index < -0.39 is 5.41 Å². The normalized spacial score (nSPS) is 43.1. The lowest BCUT2D eigenvalue weighted by molar-refractivity contribution is -0.147. The number of fused-ring (bicyclic) bond motifs is 2. The Morgan fingerprint density at radius 3 is 2.35 bits per heavy atom. The third-order valence-electron chi connectivity index (χ3n) is 6.51. The molecule has 2 saturated carbocycles. The molecule has 5 heteroatoms. The highest BCUT2D eigenvalue weighted by molar-refractivity contribution is 9.10. The summed E-state index contributed by atoms with van der Waals surface area (Å²) in [6.45, 7) is 9.46. The van der Waals surface area contributed by atoms with Crippen LogP contribution in [0.2, 0.25) is 0 Å². The predicted octanol–water partition coefficient (Wildman–Crippen LogP) is 1.58. The molecule has 0 aromatic heterocycles. The topological polar surface area (TPSA) is 49.4 Å². The maximum Gasteiger partial charge on any atom is 0.231 e. The average molecular weight is 343 g/mol. The number of alkyl halides is 1. The van der Waals surface area contributed by atoms with Gasteiger partial charge in [-0.15, -0.1) is 0 Å². The monoisotopic (exact) mass is 342 g/mol. The Hall–Kier alpha value is -0.420. The van der Waals surface area contributed by atoms with Gasteiger partial charge in [-0.2, -0.15) is 0 Å². The van der Waals surface area contributed by atoms with Crippen LogP contribution in [-0.4, -0.2) is 47.6 Å². The first kappa shape index (κ1) is 14.5. The SMILES string of the molecule is CC1(C)[C@]2(C)CC[C@@]1(C(=O)N1CCNCC1)[C@@H](Br)C2=O. The molecule has 0 spiro atoms. The van der Waals surface area contributed by atoms with Crippen LogP contribution in [0.4, 0.5) is 0 Å². The van der Waals surface area contributed by atoms with Gasteiger partial charge in [-0.25, -0.2) is 0 Å². The van der Waals surface area contributed by atoms with Gasteiger partial charge in [0.25, 0.3) is 0 Å². The van der Waals surface area contributed by atoms with Gasteiger partial charge in [0.2, 0.25) is 5.91 Å². The number of rotatable bonds is 1. The van der Waals surface area contributed by atoms with Gasteiger partial charge in [-0.1, -0.05) is 36.7 Å². The Kier molecular flexibility index (Phi) is 3.11. The van der Waals surface area contributed by atoms with E-state index >= 15 is 0 Å². The lowest BCUT2D eigenvalue weighted by atomic mass is 9.64. The number of nitrogens with zero attached hydrogens (tertiary/aromatic N) is 1. The molecule has 0 aromatic carbocycles. The fourth-order valence-corrected chi connectivity index (χ4v) is 6.08. The second kappa shape index (κ2) is 4.29. The van der Waals surface area contributed by atoms with E-state index in [-0.39, 0.29) is 27.3 Å². The largest absolute Gasteiger partial charge is 0.340 e. The number of Topliss-reactive ketones (excluding diaryl/α,β-unsaturated/α-hetero) is 1. The van der Waals surface area contributed by atoms with E-state index in [1.807, 2.05) is 11.8 Å². The highest BCUT2D eigenvalue weighted by Gasteiger charge is 2.77. The van der Waals surface area contributed by atoms with E-state index in [4.69, 9.17) is 0 Å². The van der Waals surface area contributed by atoms with Crippen molar-refractivity contribution in [1.29, 1.82) is 0 Å². The molecular formula is C15H23BrN2O2. The number of carbonyl (C=O) groups excluding carboxylic acids is 2. The van der Waals surface area contributed by atoms with Crippen LogP contribution in [0.1, 0.15) is 33.6 Å². The summed E-state index contributed by atoms with van der Waals surface area (Å²) < 4.78 is 0. The number of halogens is 1. The second-order valence-electron chi connectivity index (χ2n) is 7.20. The van der Waals surface area contributed by atoms with Gasteiger partial charge in [-0.05, 0) is 18.3 Å². The van der Waals surface area contributed by atoms with E-state index in [1.165, 1.54) is 0 Å². The van der Waals surface area contributed by atoms with Crippen molar-refractivity contribution >= 4 is 27.6 Å². The van der Waals surface area contributed by atoms with E-state index in [9.17, 15) is 9.59 Å². The van der Waals surface area contributed by atoms with E-state index in [2.05, 4.69) is 35.1 Å². The van der Waals surface area contributed by atoms with Gasteiger partial charge in [0, 0.05) is 31.6 Å². The highest BCUT2D eigenvalue weighted by atomic mass is 79.9. The summed E-state index contributed by atoms with van der Waals surface area (Å²) in [6.07, 6.45) is 1.65. The lowest BCUT2D eigenvalue weighted by Gasteiger charge is -2.43. The number of piperazine rings is 1. The summed E-state index contributed by atoms with van der Waals surface area (Å²) in [6, 6.07) is 0. The minimum atomic E-state index is -0.559. The number of carbonyl (C=O) groups is 2. The number of hydrogen-bond acceptors (Lipinski definition) is 3. The Morgan fingerprint density at radius 1 is 1.25 bits per heavy atom. The van der Waals surface area contributed by atoms with Gasteiger partial charge in [0.05, 0.1) is 10.2 Å². The van der Waals surface area contributed by atoms with Crippen molar-refractivity contribution in [2.24, 2.45) is 16.2 Å². The van der Waals surface area contributed by atoms with E-state index in [0.717, 1.165) is 39.0 Å². The molecule has 1 amide bonds. The number of ketones is 1. The van der Waals surface area contributed by atoms with Crippen molar-refractivity contribution in [3.05, 3.63) is 0 Å². The summed E-state index contributed by atoms with van der Waals surface area (Å²) in [4.78, 5) is 27.5. The quantitative estimate of drug-likeness (QED) is 0.736. The minimum Gasteiger partial charge on any atom is -0.340 e. The number of nitrogens with one attached hydrogen (secondary N) is 1. The Bertz CT molecular complexity index is 472. The first-order valence-corrected chi connectivity index (χ1v) is 8.39. The summed E-state index contributed by atoms with van der Waals surface area (Å²) in [5, 5.41) is 3.28. The van der Waals surface area contributed by atoms with Crippen LogP contribution in [0.3, 0.4) is 0 Å². The molecule has 1 heterocycles. The maximum absolute atomic E-state index is 13.2. The predicted molar refractivity (Wildman–Crippen MR) is 80.7 cm³/mol. The zero-order chi connectivity index (χ0) is 14.8. The zero-order valence-electron chi connectivity index (χ0n) is 12.5. The molecule has 20 heavy (non-hydrogen) atoms. The molecule has 0 aromatic rings. The van der Waals surface area contributed by atoms with E-state index in [0.29, 0.717) is 0 Å². The Morgan fingerprint density at radius 2 is 1.85 bits per heavy atom. The number of amides is 1.